The van der Waals surface area contributed by atoms with Gasteiger partial charge in [0.15, 0.2) is 0 Å². The van der Waals surface area contributed by atoms with Gasteiger partial charge in [-0.05, 0) is 18.8 Å². The zero-order valence-corrected chi connectivity index (χ0v) is 12.6. The standard InChI is InChI=1S/C13H24N2O4S/c16-10-13(17)14-6-8-15(9-7-14)20(18,19)11-12-4-2-1-3-5-12/h12,16H,1-11H2. The Balaban J connectivity index is 1.86. The molecule has 20 heavy (non-hydrogen) atoms. The number of piperazine rings is 1. The Morgan fingerprint density at radius 3 is 2.20 bits per heavy atom. The summed E-state index contributed by atoms with van der Waals surface area (Å²) >= 11 is 0. The Bertz CT molecular complexity index is 424. The molecule has 2 fully saturated rings. The maximum atomic E-state index is 12.4. The van der Waals surface area contributed by atoms with E-state index in [4.69, 9.17) is 5.11 Å². The highest BCUT2D eigenvalue weighted by molar-refractivity contribution is 7.89. The largest absolute Gasteiger partial charge is 0.387 e. The SMILES string of the molecule is O=C(CO)N1CCN(S(=O)(=O)CC2CCCCC2)CC1. The molecule has 6 nitrogen and oxygen atoms in total. The third-order valence-corrected chi connectivity index (χ3v) is 6.34. The van der Waals surface area contributed by atoms with Crippen molar-refractivity contribution < 1.29 is 18.3 Å². The lowest BCUT2D eigenvalue weighted by molar-refractivity contribution is -0.135. The second-order valence-corrected chi connectivity index (χ2v) is 7.73. The molecule has 0 aromatic rings. The molecule has 1 aliphatic heterocycles. The van der Waals surface area contributed by atoms with E-state index in [9.17, 15) is 13.2 Å². The van der Waals surface area contributed by atoms with E-state index in [0.29, 0.717) is 32.1 Å². The lowest BCUT2D eigenvalue weighted by Gasteiger charge is -2.34. The maximum absolute atomic E-state index is 12.4. The van der Waals surface area contributed by atoms with Crippen LogP contribution in [-0.4, -0.2) is 67.2 Å². The smallest absolute Gasteiger partial charge is 0.248 e. The van der Waals surface area contributed by atoms with Crippen molar-refractivity contribution in [2.75, 3.05) is 38.5 Å². The van der Waals surface area contributed by atoms with Crippen molar-refractivity contribution in [1.29, 1.82) is 0 Å². The summed E-state index contributed by atoms with van der Waals surface area (Å²) in [7, 11) is -3.21. The Morgan fingerprint density at radius 1 is 1.05 bits per heavy atom. The molecule has 0 aromatic heterocycles. The summed E-state index contributed by atoms with van der Waals surface area (Å²) in [5.74, 6) is 0.223. The molecule has 0 aromatic carbocycles. The van der Waals surface area contributed by atoms with Gasteiger partial charge in [0.05, 0.1) is 5.75 Å². The third kappa shape index (κ3) is 3.93. The van der Waals surface area contributed by atoms with Crippen molar-refractivity contribution in [2.24, 2.45) is 5.92 Å². The average Bonchev–Trinajstić information content (AvgIpc) is 2.47. The van der Waals surface area contributed by atoms with Crippen molar-refractivity contribution in [3.63, 3.8) is 0 Å². The quantitative estimate of drug-likeness (QED) is 0.795. The van der Waals surface area contributed by atoms with Gasteiger partial charge in [-0.1, -0.05) is 19.3 Å². The highest BCUT2D eigenvalue weighted by Crippen LogP contribution is 2.26. The monoisotopic (exact) mass is 304 g/mol. The first-order valence-corrected chi connectivity index (χ1v) is 9.00. The summed E-state index contributed by atoms with van der Waals surface area (Å²) < 4.78 is 26.2. The van der Waals surface area contributed by atoms with Crippen LogP contribution in [0.25, 0.3) is 0 Å². The van der Waals surface area contributed by atoms with Gasteiger partial charge in [0.1, 0.15) is 6.61 Å². The number of amides is 1. The van der Waals surface area contributed by atoms with Crippen molar-refractivity contribution in [3.05, 3.63) is 0 Å². The summed E-state index contributed by atoms with van der Waals surface area (Å²) in [5, 5.41) is 8.81. The van der Waals surface area contributed by atoms with Crippen molar-refractivity contribution in [3.8, 4) is 0 Å². The van der Waals surface area contributed by atoms with E-state index in [1.165, 1.54) is 15.6 Å². The van der Waals surface area contributed by atoms with Gasteiger partial charge in [0.25, 0.3) is 0 Å². The Hall–Kier alpha value is -0.660. The first-order valence-electron chi connectivity index (χ1n) is 7.39. The van der Waals surface area contributed by atoms with E-state index in [-0.39, 0.29) is 11.7 Å². The van der Waals surface area contributed by atoms with Gasteiger partial charge in [-0.3, -0.25) is 4.79 Å². The number of nitrogens with zero attached hydrogens (tertiary/aromatic N) is 2. The molecule has 1 heterocycles. The summed E-state index contributed by atoms with van der Waals surface area (Å²) in [6.45, 7) is 0.947. The highest BCUT2D eigenvalue weighted by Gasteiger charge is 2.30. The maximum Gasteiger partial charge on any atom is 0.248 e. The van der Waals surface area contributed by atoms with Crippen LogP contribution in [0.1, 0.15) is 32.1 Å². The molecule has 2 rings (SSSR count). The van der Waals surface area contributed by atoms with Gasteiger partial charge in [-0.25, -0.2) is 8.42 Å². The van der Waals surface area contributed by atoms with Crippen LogP contribution in [0.2, 0.25) is 0 Å². The number of aliphatic hydroxyl groups excluding tert-OH is 1. The first kappa shape index (κ1) is 15.7. The normalized spacial score (nSPS) is 22.9. The molecule has 1 saturated heterocycles. The number of rotatable bonds is 4. The van der Waals surface area contributed by atoms with Crippen LogP contribution >= 0.6 is 0 Å². The lowest BCUT2D eigenvalue weighted by atomic mass is 9.91. The van der Waals surface area contributed by atoms with E-state index >= 15 is 0 Å². The number of carbonyl (C=O) groups excluding carboxylic acids is 1. The van der Waals surface area contributed by atoms with E-state index in [0.717, 1.165) is 25.7 Å². The topological polar surface area (TPSA) is 77.9 Å². The molecule has 7 heteroatoms. The fourth-order valence-electron chi connectivity index (χ4n) is 3.07. The van der Waals surface area contributed by atoms with Crippen LogP contribution in [0, 0.1) is 5.92 Å². The molecular formula is C13H24N2O4S. The summed E-state index contributed by atoms with van der Waals surface area (Å²) in [4.78, 5) is 12.9. The number of hydrogen-bond donors (Lipinski definition) is 1. The van der Waals surface area contributed by atoms with Gasteiger partial charge < -0.3 is 10.0 Å². The molecule has 0 unspecified atom stereocenters. The number of sulfonamides is 1. The molecule has 116 valence electrons. The van der Waals surface area contributed by atoms with Gasteiger partial charge in [0, 0.05) is 26.2 Å². The first-order chi connectivity index (χ1) is 9.53. The Labute approximate surface area is 120 Å². The average molecular weight is 304 g/mol. The predicted molar refractivity (Wildman–Crippen MR) is 75.6 cm³/mol. The minimum absolute atomic E-state index is 0.251. The van der Waals surface area contributed by atoms with Crippen LogP contribution in [0.4, 0.5) is 0 Å². The van der Waals surface area contributed by atoms with Crippen molar-refractivity contribution in [2.45, 2.75) is 32.1 Å². The van der Waals surface area contributed by atoms with E-state index in [2.05, 4.69) is 0 Å². The van der Waals surface area contributed by atoms with E-state index in [1.807, 2.05) is 0 Å². The van der Waals surface area contributed by atoms with Gasteiger partial charge in [0.2, 0.25) is 15.9 Å². The molecule has 1 amide bonds. The van der Waals surface area contributed by atoms with Crippen LogP contribution in [0.15, 0.2) is 0 Å². The minimum Gasteiger partial charge on any atom is -0.387 e. The summed E-state index contributed by atoms with van der Waals surface area (Å²) in [6, 6.07) is 0. The minimum atomic E-state index is -3.21. The van der Waals surface area contributed by atoms with Crippen LogP contribution in [0.5, 0.6) is 0 Å². The van der Waals surface area contributed by atoms with Gasteiger partial charge >= 0.3 is 0 Å². The number of carbonyl (C=O) groups is 1. The van der Waals surface area contributed by atoms with Crippen molar-refractivity contribution >= 4 is 15.9 Å². The van der Waals surface area contributed by atoms with E-state index < -0.39 is 16.6 Å². The fourth-order valence-corrected chi connectivity index (χ4v) is 4.93. The Kier molecular flexibility index (Phi) is 5.40. The molecule has 1 aliphatic carbocycles. The molecule has 0 bridgehead atoms. The van der Waals surface area contributed by atoms with Crippen LogP contribution in [-0.2, 0) is 14.8 Å². The van der Waals surface area contributed by atoms with Gasteiger partial charge in [-0.15, -0.1) is 0 Å². The van der Waals surface area contributed by atoms with E-state index in [1.54, 1.807) is 0 Å². The number of aliphatic hydroxyl groups is 1. The third-order valence-electron chi connectivity index (χ3n) is 4.29. The second kappa shape index (κ2) is 6.87. The fraction of sp³-hybridized carbons (Fsp3) is 0.923. The van der Waals surface area contributed by atoms with Crippen LogP contribution in [0.3, 0.4) is 0 Å². The van der Waals surface area contributed by atoms with Gasteiger partial charge in [-0.2, -0.15) is 4.31 Å². The number of hydrogen-bond acceptors (Lipinski definition) is 4. The highest BCUT2D eigenvalue weighted by atomic mass is 32.2. The molecule has 0 spiro atoms. The molecule has 0 atom stereocenters. The van der Waals surface area contributed by atoms with Crippen molar-refractivity contribution in [1.82, 2.24) is 9.21 Å². The molecule has 0 radical (unpaired) electrons. The summed E-state index contributed by atoms with van der Waals surface area (Å²) in [5.41, 5.74) is 0. The molecule has 2 aliphatic rings. The molecular weight excluding hydrogens is 280 g/mol. The summed E-state index contributed by atoms with van der Waals surface area (Å²) in [6.07, 6.45) is 5.53. The predicted octanol–water partition coefficient (Wildman–Crippen LogP) is 0.0330. The second-order valence-electron chi connectivity index (χ2n) is 5.72. The molecule has 1 saturated carbocycles. The Morgan fingerprint density at radius 2 is 1.65 bits per heavy atom. The zero-order valence-electron chi connectivity index (χ0n) is 11.8. The zero-order chi connectivity index (χ0) is 14.6. The molecule has 1 N–H and O–H groups in total. The van der Waals surface area contributed by atoms with Crippen LogP contribution < -0.4 is 0 Å². The lowest BCUT2D eigenvalue weighted by Crippen LogP contribution is -2.52.